The number of hydrogen-bond acceptors (Lipinski definition) is 6. The van der Waals surface area contributed by atoms with Crippen molar-refractivity contribution in [3.05, 3.63) is 41.5 Å². The molecule has 0 bridgehead atoms. The molecule has 2 aromatic rings. The molecule has 0 saturated carbocycles. The van der Waals surface area contributed by atoms with Crippen LogP contribution in [0.5, 0.6) is 5.75 Å². The lowest BCUT2D eigenvalue weighted by atomic mass is 10.0. The summed E-state index contributed by atoms with van der Waals surface area (Å²) in [6.07, 6.45) is 1.90. The summed E-state index contributed by atoms with van der Waals surface area (Å²) >= 11 is 1.45. The van der Waals surface area contributed by atoms with Crippen molar-refractivity contribution in [1.29, 1.82) is 5.26 Å². The first-order valence-electron chi connectivity index (χ1n) is 6.92. The van der Waals surface area contributed by atoms with E-state index in [1.54, 1.807) is 14.2 Å². The predicted octanol–water partition coefficient (Wildman–Crippen LogP) is 3.47. The summed E-state index contributed by atoms with van der Waals surface area (Å²) in [6.45, 7) is 0.514. The monoisotopic (exact) mass is 330 g/mol. The lowest BCUT2D eigenvalue weighted by Crippen LogP contribution is -2.02. The van der Waals surface area contributed by atoms with Crippen LogP contribution in [0.25, 0.3) is 11.3 Å². The lowest BCUT2D eigenvalue weighted by Gasteiger charge is -2.12. The van der Waals surface area contributed by atoms with Gasteiger partial charge in [0, 0.05) is 18.2 Å². The fourth-order valence-electron chi connectivity index (χ4n) is 2.12. The zero-order valence-corrected chi connectivity index (χ0v) is 14.1. The number of ether oxygens (including phenoxy) is 3. The van der Waals surface area contributed by atoms with Crippen LogP contribution in [-0.2, 0) is 16.1 Å². The summed E-state index contributed by atoms with van der Waals surface area (Å²) in [5.74, 6) is 0.782. The number of hydrogen-bond donors (Lipinski definition) is 0. The third-order valence-corrected chi connectivity index (χ3v) is 3.90. The van der Waals surface area contributed by atoms with Crippen LogP contribution < -0.4 is 4.74 Å². The third kappa shape index (κ3) is 4.23. The molecule has 1 aromatic heterocycles. The Morgan fingerprint density at radius 2 is 1.96 bits per heavy atom. The molecule has 0 amide bonds. The molecule has 0 atom stereocenters. The van der Waals surface area contributed by atoms with Gasteiger partial charge in [0.1, 0.15) is 23.6 Å². The summed E-state index contributed by atoms with van der Waals surface area (Å²) in [6, 6.07) is 11.7. The summed E-state index contributed by atoms with van der Waals surface area (Å²) in [5, 5.41) is 9.99. The van der Waals surface area contributed by atoms with Crippen molar-refractivity contribution < 1.29 is 14.2 Å². The first kappa shape index (κ1) is 17.3. The molecule has 2 rings (SSSR count). The van der Waals surface area contributed by atoms with Gasteiger partial charge in [0.25, 0.3) is 0 Å². The second-order valence-corrected chi connectivity index (χ2v) is 5.44. The Morgan fingerprint density at radius 1 is 1.22 bits per heavy atom. The highest BCUT2D eigenvalue weighted by atomic mass is 32.2. The van der Waals surface area contributed by atoms with Crippen molar-refractivity contribution in [2.24, 2.45) is 0 Å². The van der Waals surface area contributed by atoms with E-state index < -0.39 is 0 Å². The number of nitrogens with zero attached hydrogens (tertiary/aromatic N) is 2. The number of pyridine rings is 1. The van der Waals surface area contributed by atoms with E-state index in [2.05, 4.69) is 11.1 Å². The molecule has 0 saturated heterocycles. The van der Waals surface area contributed by atoms with Gasteiger partial charge in [0.05, 0.1) is 25.0 Å². The first-order valence-corrected chi connectivity index (χ1v) is 8.15. The van der Waals surface area contributed by atoms with Crippen molar-refractivity contribution >= 4 is 11.8 Å². The van der Waals surface area contributed by atoms with E-state index in [-0.39, 0.29) is 6.79 Å². The van der Waals surface area contributed by atoms with Gasteiger partial charge in [-0.25, -0.2) is 4.98 Å². The number of rotatable bonds is 7. The van der Waals surface area contributed by atoms with E-state index in [4.69, 9.17) is 14.2 Å². The average Bonchev–Trinajstić information content (AvgIpc) is 2.61. The highest BCUT2D eigenvalue weighted by Crippen LogP contribution is 2.29. The van der Waals surface area contributed by atoms with Crippen molar-refractivity contribution in [2.75, 3.05) is 27.3 Å². The first-order chi connectivity index (χ1) is 11.2. The number of nitriles is 1. The normalized spacial score (nSPS) is 10.3. The number of methoxy groups -OCH3 is 2. The maximum absolute atomic E-state index is 9.29. The van der Waals surface area contributed by atoms with Gasteiger partial charge in [-0.2, -0.15) is 5.26 Å². The number of benzene rings is 1. The molecule has 120 valence electrons. The minimum absolute atomic E-state index is 0.189. The Labute approximate surface area is 140 Å². The summed E-state index contributed by atoms with van der Waals surface area (Å²) in [7, 11) is 3.20. The molecular weight excluding hydrogens is 312 g/mol. The maximum atomic E-state index is 9.29. The van der Waals surface area contributed by atoms with Gasteiger partial charge in [0.2, 0.25) is 0 Å². The molecule has 5 nitrogen and oxygen atoms in total. The molecule has 0 fully saturated rings. The molecule has 6 heteroatoms. The average molecular weight is 330 g/mol. The van der Waals surface area contributed by atoms with Crippen LogP contribution in [0.15, 0.2) is 35.4 Å². The molecule has 0 radical (unpaired) electrons. The van der Waals surface area contributed by atoms with Gasteiger partial charge in [-0.15, -0.1) is 11.8 Å². The quantitative estimate of drug-likeness (QED) is 0.440. The van der Waals surface area contributed by atoms with Crippen LogP contribution in [0.1, 0.15) is 11.1 Å². The predicted molar refractivity (Wildman–Crippen MR) is 89.4 cm³/mol. The van der Waals surface area contributed by atoms with Gasteiger partial charge in [-0.3, -0.25) is 0 Å². The molecule has 23 heavy (non-hydrogen) atoms. The summed E-state index contributed by atoms with van der Waals surface area (Å²) < 4.78 is 15.5. The molecule has 0 aliphatic rings. The topological polar surface area (TPSA) is 64.4 Å². The van der Waals surface area contributed by atoms with Gasteiger partial charge in [-0.1, -0.05) is 0 Å². The molecule has 1 heterocycles. The zero-order valence-electron chi connectivity index (χ0n) is 13.3. The molecule has 1 aromatic carbocycles. The second-order valence-electron chi connectivity index (χ2n) is 4.65. The van der Waals surface area contributed by atoms with Gasteiger partial charge in [0.15, 0.2) is 0 Å². The fraction of sp³-hybridized carbons (Fsp3) is 0.294. The number of aromatic nitrogens is 1. The molecule has 0 N–H and O–H groups in total. The van der Waals surface area contributed by atoms with E-state index in [1.165, 1.54) is 11.8 Å². The van der Waals surface area contributed by atoms with Crippen LogP contribution in [0.3, 0.4) is 0 Å². The standard InChI is InChI=1S/C17H18N2O3S/c1-20-11-22-10-14-8-13(9-18)17(23-3)19-16(14)12-4-6-15(21-2)7-5-12/h4-8H,10-11H2,1-3H3. The van der Waals surface area contributed by atoms with Crippen LogP contribution in [0.2, 0.25) is 0 Å². The fourth-order valence-corrected chi connectivity index (χ4v) is 2.62. The van der Waals surface area contributed by atoms with Crippen LogP contribution in [0.4, 0.5) is 0 Å². The molecule has 0 aliphatic carbocycles. The Morgan fingerprint density at radius 3 is 2.52 bits per heavy atom. The van der Waals surface area contributed by atoms with E-state index in [0.717, 1.165) is 22.6 Å². The largest absolute Gasteiger partial charge is 0.497 e. The lowest BCUT2D eigenvalue weighted by molar-refractivity contribution is -0.0390. The summed E-state index contributed by atoms with van der Waals surface area (Å²) in [4.78, 5) is 4.65. The van der Waals surface area contributed by atoms with Crippen molar-refractivity contribution in [3.8, 4) is 23.1 Å². The maximum Gasteiger partial charge on any atom is 0.146 e. The van der Waals surface area contributed by atoms with Gasteiger partial charge < -0.3 is 14.2 Å². The Kier molecular flexibility index (Phi) is 6.41. The van der Waals surface area contributed by atoms with Crippen molar-refractivity contribution in [1.82, 2.24) is 4.98 Å². The molecule has 0 spiro atoms. The second kappa shape index (κ2) is 8.53. The zero-order chi connectivity index (χ0) is 16.7. The molecular formula is C17H18N2O3S. The van der Waals surface area contributed by atoms with Crippen LogP contribution >= 0.6 is 11.8 Å². The number of thioether (sulfide) groups is 1. The van der Waals surface area contributed by atoms with Crippen LogP contribution in [-0.4, -0.2) is 32.3 Å². The SMILES string of the molecule is COCOCc1cc(C#N)c(SC)nc1-c1ccc(OC)cc1. The van der Waals surface area contributed by atoms with E-state index in [1.807, 2.05) is 36.6 Å². The highest BCUT2D eigenvalue weighted by molar-refractivity contribution is 7.98. The Hall–Kier alpha value is -2.07. The highest BCUT2D eigenvalue weighted by Gasteiger charge is 2.13. The van der Waals surface area contributed by atoms with E-state index in [9.17, 15) is 5.26 Å². The third-order valence-electron chi connectivity index (χ3n) is 3.20. The van der Waals surface area contributed by atoms with Gasteiger partial charge in [-0.05, 0) is 36.6 Å². The summed E-state index contributed by atoms with van der Waals surface area (Å²) in [5.41, 5.74) is 3.14. The minimum atomic E-state index is 0.189. The van der Waals surface area contributed by atoms with Crippen molar-refractivity contribution in [2.45, 2.75) is 11.6 Å². The molecule has 0 aliphatic heterocycles. The van der Waals surface area contributed by atoms with Crippen LogP contribution in [0, 0.1) is 11.3 Å². The van der Waals surface area contributed by atoms with Gasteiger partial charge >= 0.3 is 0 Å². The molecule has 0 unspecified atom stereocenters. The van der Waals surface area contributed by atoms with E-state index in [0.29, 0.717) is 17.2 Å². The Bertz CT molecular complexity index is 696. The minimum Gasteiger partial charge on any atom is -0.497 e. The Balaban J connectivity index is 2.46. The van der Waals surface area contributed by atoms with E-state index >= 15 is 0 Å². The van der Waals surface area contributed by atoms with Crippen molar-refractivity contribution in [3.63, 3.8) is 0 Å². The smallest absolute Gasteiger partial charge is 0.146 e.